The molecule has 1 saturated carbocycles. The number of carbonyl (C=O) groups is 1. The third-order valence-corrected chi connectivity index (χ3v) is 3.27. The molecule has 1 N–H and O–H groups in total. The molecule has 1 aliphatic heterocycles. The Morgan fingerprint density at radius 2 is 2.15 bits per heavy atom. The summed E-state index contributed by atoms with van der Waals surface area (Å²) in [4.78, 5) is 11.4. The number of piperidine rings is 1. The Morgan fingerprint density at radius 3 is 2.77 bits per heavy atom. The summed E-state index contributed by atoms with van der Waals surface area (Å²) < 4.78 is 4.82. The second kappa shape index (κ2) is 3.66. The van der Waals surface area contributed by atoms with Crippen LogP contribution in [-0.4, -0.2) is 26.2 Å². The molecule has 0 radical (unpaired) electrons. The fourth-order valence-corrected chi connectivity index (χ4v) is 2.38. The van der Waals surface area contributed by atoms with Crippen molar-refractivity contribution in [3.05, 3.63) is 0 Å². The molecule has 2 rings (SSSR count). The zero-order valence-electron chi connectivity index (χ0n) is 8.08. The second-order valence-electron chi connectivity index (χ2n) is 4.12. The van der Waals surface area contributed by atoms with Crippen LogP contribution < -0.4 is 5.32 Å². The van der Waals surface area contributed by atoms with Crippen LogP contribution in [0.25, 0.3) is 0 Å². The van der Waals surface area contributed by atoms with Gasteiger partial charge in [-0.1, -0.05) is 0 Å². The van der Waals surface area contributed by atoms with Gasteiger partial charge in [0.1, 0.15) is 0 Å². The largest absolute Gasteiger partial charge is 0.469 e. The highest BCUT2D eigenvalue weighted by Crippen LogP contribution is 2.43. The van der Waals surface area contributed by atoms with E-state index in [-0.39, 0.29) is 11.9 Å². The van der Waals surface area contributed by atoms with E-state index in [1.54, 1.807) is 0 Å². The molecule has 0 aromatic carbocycles. The number of ether oxygens (including phenoxy) is 1. The minimum atomic E-state index is -0.0240. The normalized spacial score (nSPS) is 34.2. The fourth-order valence-electron chi connectivity index (χ4n) is 2.38. The van der Waals surface area contributed by atoms with Crippen LogP contribution in [0.1, 0.15) is 19.3 Å². The molecule has 1 saturated heterocycles. The minimum Gasteiger partial charge on any atom is -0.469 e. The van der Waals surface area contributed by atoms with Crippen molar-refractivity contribution >= 4 is 5.97 Å². The SMILES string of the molecule is COC(=O)C1CNCCC1C1CC1. The van der Waals surface area contributed by atoms with Crippen LogP contribution in [-0.2, 0) is 9.53 Å². The van der Waals surface area contributed by atoms with Gasteiger partial charge in [-0.15, -0.1) is 0 Å². The molecule has 2 unspecified atom stereocenters. The smallest absolute Gasteiger partial charge is 0.310 e. The predicted octanol–water partition coefficient (Wildman–Crippen LogP) is 0.795. The Morgan fingerprint density at radius 1 is 1.38 bits per heavy atom. The van der Waals surface area contributed by atoms with E-state index in [0.717, 1.165) is 25.4 Å². The third kappa shape index (κ3) is 1.85. The molecule has 0 aromatic heterocycles. The molecule has 13 heavy (non-hydrogen) atoms. The number of esters is 1. The van der Waals surface area contributed by atoms with Gasteiger partial charge >= 0.3 is 5.97 Å². The molecule has 1 aliphatic carbocycles. The molecule has 2 atom stereocenters. The lowest BCUT2D eigenvalue weighted by Gasteiger charge is -2.30. The maximum Gasteiger partial charge on any atom is 0.310 e. The summed E-state index contributed by atoms with van der Waals surface area (Å²) in [6.07, 6.45) is 3.78. The number of hydrogen-bond donors (Lipinski definition) is 1. The van der Waals surface area contributed by atoms with Gasteiger partial charge in [-0.3, -0.25) is 4.79 Å². The minimum absolute atomic E-state index is 0.0240. The zero-order valence-corrected chi connectivity index (χ0v) is 8.08. The molecular formula is C10H17NO2. The Kier molecular flexibility index (Phi) is 2.54. The Bertz CT molecular complexity index is 201. The van der Waals surface area contributed by atoms with E-state index in [4.69, 9.17) is 4.74 Å². The summed E-state index contributed by atoms with van der Waals surface area (Å²) in [6.45, 7) is 1.88. The number of rotatable bonds is 2. The van der Waals surface area contributed by atoms with Gasteiger partial charge in [0.2, 0.25) is 0 Å². The first-order valence-electron chi connectivity index (χ1n) is 5.11. The van der Waals surface area contributed by atoms with Gasteiger partial charge < -0.3 is 10.1 Å². The second-order valence-corrected chi connectivity index (χ2v) is 4.12. The van der Waals surface area contributed by atoms with Crippen LogP contribution >= 0.6 is 0 Å². The lowest BCUT2D eigenvalue weighted by Crippen LogP contribution is -2.42. The van der Waals surface area contributed by atoms with Gasteiger partial charge in [-0.25, -0.2) is 0 Å². The number of methoxy groups -OCH3 is 1. The third-order valence-electron chi connectivity index (χ3n) is 3.27. The van der Waals surface area contributed by atoms with Crippen molar-refractivity contribution in [1.82, 2.24) is 5.32 Å². The molecule has 0 amide bonds. The first-order chi connectivity index (χ1) is 6.33. The van der Waals surface area contributed by atoms with Gasteiger partial charge in [0.15, 0.2) is 0 Å². The fraction of sp³-hybridized carbons (Fsp3) is 0.900. The van der Waals surface area contributed by atoms with Crippen molar-refractivity contribution in [2.24, 2.45) is 17.8 Å². The van der Waals surface area contributed by atoms with E-state index in [2.05, 4.69) is 5.32 Å². The topological polar surface area (TPSA) is 38.3 Å². The van der Waals surface area contributed by atoms with Crippen molar-refractivity contribution < 1.29 is 9.53 Å². The molecule has 3 heteroatoms. The average molecular weight is 183 g/mol. The molecule has 3 nitrogen and oxygen atoms in total. The summed E-state index contributed by atoms with van der Waals surface area (Å²) in [5.74, 6) is 1.50. The number of hydrogen-bond acceptors (Lipinski definition) is 3. The van der Waals surface area contributed by atoms with Crippen molar-refractivity contribution in [3.8, 4) is 0 Å². The number of carbonyl (C=O) groups excluding carboxylic acids is 1. The Balaban J connectivity index is 1.99. The standard InChI is InChI=1S/C10H17NO2/c1-13-10(12)9-6-11-5-4-8(9)7-2-3-7/h7-9,11H,2-6H2,1H3. The van der Waals surface area contributed by atoms with E-state index in [0.29, 0.717) is 5.92 Å². The summed E-state index contributed by atoms with van der Waals surface area (Å²) >= 11 is 0. The highest BCUT2D eigenvalue weighted by Gasteiger charge is 2.41. The van der Waals surface area contributed by atoms with Crippen LogP contribution in [0.2, 0.25) is 0 Å². The van der Waals surface area contributed by atoms with Gasteiger partial charge in [0.25, 0.3) is 0 Å². The monoisotopic (exact) mass is 183 g/mol. The molecule has 2 aliphatic rings. The van der Waals surface area contributed by atoms with Crippen molar-refractivity contribution in [3.63, 3.8) is 0 Å². The van der Waals surface area contributed by atoms with E-state index in [9.17, 15) is 4.79 Å². The van der Waals surface area contributed by atoms with Crippen molar-refractivity contribution in [1.29, 1.82) is 0 Å². The van der Waals surface area contributed by atoms with Crippen LogP contribution in [0, 0.1) is 17.8 Å². The maximum atomic E-state index is 11.4. The van der Waals surface area contributed by atoms with Crippen LogP contribution in [0.5, 0.6) is 0 Å². The highest BCUT2D eigenvalue weighted by atomic mass is 16.5. The summed E-state index contributed by atoms with van der Waals surface area (Å²) in [5, 5.41) is 3.26. The van der Waals surface area contributed by atoms with E-state index in [1.807, 2.05) is 0 Å². The van der Waals surface area contributed by atoms with Gasteiger partial charge in [-0.2, -0.15) is 0 Å². The van der Waals surface area contributed by atoms with Gasteiger partial charge in [-0.05, 0) is 37.6 Å². The Labute approximate surface area is 78.8 Å². The van der Waals surface area contributed by atoms with Crippen LogP contribution in [0.15, 0.2) is 0 Å². The van der Waals surface area contributed by atoms with E-state index >= 15 is 0 Å². The van der Waals surface area contributed by atoms with Crippen LogP contribution in [0.3, 0.4) is 0 Å². The summed E-state index contributed by atoms with van der Waals surface area (Å²) in [6, 6.07) is 0. The van der Waals surface area contributed by atoms with Crippen LogP contribution in [0.4, 0.5) is 0 Å². The maximum absolute atomic E-state index is 11.4. The first-order valence-corrected chi connectivity index (χ1v) is 5.11. The lowest BCUT2D eigenvalue weighted by atomic mass is 9.83. The summed E-state index contributed by atoms with van der Waals surface area (Å²) in [5.41, 5.74) is 0. The number of nitrogens with one attached hydrogen (secondary N) is 1. The molecule has 0 bridgehead atoms. The molecule has 0 aromatic rings. The lowest BCUT2D eigenvalue weighted by molar-refractivity contribution is -0.148. The van der Waals surface area contributed by atoms with E-state index in [1.165, 1.54) is 20.0 Å². The van der Waals surface area contributed by atoms with Gasteiger partial charge in [0.05, 0.1) is 13.0 Å². The zero-order chi connectivity index (χ0) is 9.26. The summed E-state index contributed by atoms with van der Waals surface area (Å²) in [7, 11) is 1.49. The van der Waals surface area contributed by atoms with Crippen molar-refractivity contribution in [2.75, 3.05) is 20.2 Å². The van der Waals surface area contributed by atoms with Gasteiger partial charge in [0, 0.05) is 6.54 Å². The molecule has 74 valence electrons. The molecule has 1 heterocycles. The average Bonchev–Trinajstić information content (AvgIpc) is 3.00. The molecule has 0 spiro atoms. The molecular weight excluding hydrogens is 166 g/mol. The highest BCUT2D eigenvalue weighted by molar-refractivity contribution is 5.73. The first kappa shape index (κ1) is 9.00. The molecule has 2 fully saturated rings. The van der Waals surface area contributed by atoms with Crippen molar-refractivity contribution in [2.45, 2.75) is 19.3 Å². The predicted molar refractivity (Wildman–Crippen MR) is 49.2 cm³/mol. The quantitative estimate of drug-likeness (QED) is 0.643. The van der Waals surface area contributed by atoms with E-state index < -0.39 is 0 Å². The Hall–Kier alpha value is -0.570.